The number of aryl methyl sites for hydroxylation is 1. The SMILES string of the molecule is CN1CCO[C@H](CCc2nnc(-c3ccc(Cl)cc3O)c3ccncc23)C1. The Balaban J connectivity index is 1.66. The smallest absolute Gasteiger partial charge is 0.126 e. The quantitative estimate of drug-likeness (QED) is 0.744. The number of pyridine rings is 1. The summed E-state index contributed by atoms with van der Waals surface area (Å²) in [5.41, 5.74) is 2.12. The third kappa shape index (κ3) is 3.88. The van der Waals surface area contributed by atoms with Crippen LogP contribution < -0.4 is 0 Å². The summed E-state index contributed by atoms with van der Waals surface area (Å²) < 4.78 is 5.85. The second kappa shape index (κ2) is 7.76. The molecule has 1 N–H and O–H groups in total. The number of aromatic hydroxyl groups is 1. The molecule has 27 heavy (non-hydrogen) atoms. The van der Waals surface area contributed by atoms with Crippen LogP contribution in [0.25, 0.3) is 22.0 Å². The molecule has 1 atom stereocenters. The number of hydrogen-bond donors (Lipinski definition) is 1. The summed E-state index contributed by atoms with van der Waals surface area (Å²) in [5, 5.41) is 21.5. The van der Waals surface area contributed by atoms with Crippen molar-refractivity contribution in [2.45, 2.75) is 18.9 Å². The van der Waals surface area contributed by atoms with E-state index in [2.05, 4.69) is 27.1 Å². The van der Waals surface area contributed by atoms with Crippen LogP contribution in [0.4, 0.5) is 0 Å². The molecule has 0 amide bonds. The summed E-state index contributed by atoms with van der Waals surface area (Å²) in [6.45, 7) is 2.67. The topological polar surface area (TPSA) is 71.4 Å². The number of fused-ring (bicyclic) bond motifs is 1. The van der Waals surface area contributed by atoms with Crippen LogP contribution in [0.3, 0.4) is 0 Å². The molecule has 0 aliphatic carbocycles. The van der Waals surface area contributed by atoms with E-state index in [1.165, 1.54) is 6.07 Å². The van der Waals surface area contributed by atoms with Gasteiger partial charge in [-0.15, -0.1) is 5.10 Å². The molecule has 7 heteroatoms. The van der Waals surface area contributed by atoms with E-state index in [1.54, 1.807) is 18.3 Å². The lowest BCUT2D eigenvalue weighted by molar-refractivity contribution is -0.0230. The zero-order chi connectivity index (χ0) is 18.8. The van der Waals surface area contributed by atoms with Gasteiger partial charge in [0.05, 0.1) is 18.4 Å². The van der Waals surface area contributed by atoms with Crippen molar-refractivity contribution in [2.24, 2.45) is 0 Å². The monoisotopic (exact) mass is 384 g/mol. The predicted molar refractivity (Wildman–Crippen MR) is 105 cm³/mol. The number of benzene rings is 1. The number of hydrogen-bond acceptors (Lipinski definition) is 6. The molecule has 2 aromatic heterocycles. The van der Waals surface area contributed by atoms with Crippen molar-refractivity contribution in [2.75, 3.05) is 26.7 Å². The zero-order valence-electron chi connectivity index (χ0n) is 15.1. The highest BCUT2D eigenvalue weighted by Crippen LogP contribution is 2.34. The fourth-order valence-corrected chi connectivity index (χ4v) is 3.64. The molecule has 4 rings (SSSR count). The van der Waals surface area contributed by atoms with Crippen molar-refractivity contribution in [3.63, 3.8) is 0 Å². The van der Waals surface area contributed by atoms with E-state index in [0.717, 1.165) is 49.0 Å². The maximum Gasteiger partial charge on any atom is 0.126 e. The molecule has 1 saturated heterocycles. The normalized spacial score (nSPS) is 18.1. The van der Waals surface area contributed by atoms with Crippen LogP contribution in [0.1, 0.15) is 12.1 Å². The van der Waals surface area contributed by atoms with E-state index in [0.29, 0.717) is 16.3 Å². The van der Waals surface area contributed by atoms with E-state index in [4.69, 9.17) is 16.3 Å². The molecule has 140 valence electrons. The number of nitrogens with zero attached hydrogens (tertiary/aromatic N) is 4. The number of aromatic nitrogens is 3. The summed E-state index contributed by atoms with van der Waals surface area (Å²) in [4.78, 5) is 6.54. The zero-order valence-corrected chi connectivity index (χ0v) is 15.9. The first kappa shape index (κ1) is 18.1. The Morgan fingerprint density at radius 1 is 1.26 bits per heavy atom. The maximum atomic E-state index is 10.3. The minimum atomic E-state index is 0.0845. The van der Waals surface area contributed by atoms with Crippen LogP contribution in [-0.4, -0.2) is 58.0 Å². The highest BCUT2D eigenvalue weighted by molar-refractivity contribution is 6.30. The van der Waals surface area contributed by atoms with Crippen LogP contribution in [0.5, 0.6) is 5.75 Å². The standard InChI is InChI=1S/C20H21ClN4O2/c1-25-8-9-27-14(12-25)3-5-18-17-11-22-7-6-15(17)20(24-23-18)16-4-2-13(21)10-19(16)26/h2,4,6-7,10-11,14,26H,3,5,8-9,12H2,1H3/t14-/m1/s1. The Bertz CT molecular complexity index is 966. The van der Waals surface area contributed by atoms with Crippen molar-refractivity contribution >= 4 is 22.4 Å². The van der Waals surface area contributed by atoms with Gasteiger partial charge in [-0.05, 0) is 44.2 Å². The maximum absolute atomic E-state index is 10.3. The van der Waals surface area contributed by atoms with E-state index in [-0.39, 0.29) is 11.9 Å². The second-order valence-electron chi connectivity index (χ2n) is 6.87. The average molecular weight is 385 g/mol. The lowest BCUT2D eigenvalue weighted by Gasteiger charge is -2.30. The molecule has 3 aromatic rings. The van der Waals surface area contributed by atoms with Gasteiger partial charge in [0.1, 0.15) is 11.4 Å². The lowest BCUT2D eigenvalue weighted by atomic mass is 10.0. The molecule has 1 aromatic carbocycles. The molecule has 0 unspecified atom stereocenters. The molecule has 3 heterocycles. The van der Waals surface area contributed by atoms with E-state index in [9.17, 15) is 5.11 Å². The van der Waals surface area contributed by atoms with Crippen LogP contribution in [0.2, 0.25) is 5.02 Å². The number of rotatable bonds is 4. The van der Waals surface area contributed by atoms with Crippen molar-refractivity contribution in [3.8, 4) is 17.0 Å². The van der Waals surface area contributed by atoms with Gasteiger partial charge in [0.25, 0.3) is 0 Å². The molecule has 6 nitrogen and oxygen atoms in total. The number of phenolic OH excluding ortho intramolecular Hbond substituents is 1. The van der Waals surface area contributed by atoms with Crippen LogP contribution in [-0.2, 0) is 11.2 Å². The van der Waals surface area contributed by atoms with Gasteiger partial charge in [0, 0.05) is 46.8 Å². The molecular weight excluding hydrogens is 364 g/mol. The molecular formula is C20H21ClN4O2. The highest BCUT2D eigenvalue weighted by Gasteiger charge is 2.19. The van der Waals surface area contributed by atoms with Crippen LogP contribution >= 0.6 is 11.6 Å². The fourth-order valence-electron chi connectivity index (χ4n) is 3.48. The van der Waals surface area contributed by atoms with E-state index in [1.807, 2.05) is 12.3 Å². The molecule has 0 spiro atoms. The van der Waals surface area contributed by atoms with Gasteiger partial charge in [-0.25, -0.2) is 0 Å². The van der Waals surface area contributed by atoms with E-state index < -0.39 is 0 Å². The van der Waals surface area contributed by atoms with E-state index >= 15 is 0 Å². The number of phenols is 1. The summed E-state index contributed by atoms with van der Waals surface area (Å²) in [7, 11) is 2.11. The van der Waals surface area contributed by atoms with Gasteiger partial charge in [0.2, 0.25) is 0 Å². The third-order valence-electron chi connectivity index (χ3n) is 4.92. The predicted octanol–water partition coefficient (Wildman–Crippen LogP) is 3.31. The first-order valence-corrected chi connectivity index (χ1v) is 9.38. The molecule has 0 saturated carbocycles. The molecule has 1 aliphatic heterocycles. The summed E-state index contributed by atoms with van der Waals surface area (Å²) in [6.07, 6.45) is 5.39. The summed E-state index contributed by atoms with van der Waals surface area (Å²) in [6, 6.07) is 6.90. The van der Waals surface area contributed by atoms with Crippen molar-refractivity contribution in [3.05, 3.63) is 47.4 Å². The Hall–Kier alpha value is -2.28. The first-order valence-electron chi connectivity index (χ1n) is 9.00. The van der Waals surface area contributed by atoms with Gasteiger partial charge in [0.15, 0.2) is 0 Å². The Morgan fingerprint density at radius 2 is 2.15 bits per heavy atom. The number of halogens is 1. The van der Waals surface area contributed by atoms with Crippen LogP contribution in [0.15, 0.2) is 36.7 Å². The molecule has 1 fully saturated rings. The Morgan fingerprint density at radius 3 is 2.96 bits per heavy atom. The highest BCUT2D eigenvalue weighted by atomic mass is 35.5. The van der Waals surface area contributed by atoms with Gasteiger partial charge in [-0.1, -0.05) is 11.6 Å². The van der Waals surface area contributed by atoms with Gasteiger partial charge >= 0.3 is 0 Å². The van der Waals surface area contributed by atoms with Crippen LogP contribution in [0, 0.1) is 0 Å². The first-order chi connectivity index (χ1) is 13.1. The fraction of sp³-hybridized carbons (Fsp3) is 0.350. The summed E-state index contributed by atoms with van der Waals surface area (Å²) in [5.74, 6) is 0.0845. The largest absolute Gasteiger partial charge is 0.507 e. The average Bonchev–Trinajstić information content (AvgIpc) is 2.67. The number of morpholine rings is 1. The van der Waals surface area contributed by atoms with Crippen molar-refractivity contribution < 1.29 is 9.84 Å². The van der Waals surface area contributed by atoms with Crippen molar-refractivity contribution in [1.29, 1.82) is 0 Å². The lowest BCUT2D eigenvalue weighted by Crippen LogP contribution is -2.40. The molecule has 0 radical (unpaired) electrons. The number of ether oxygens (including phenoxy) is 1. The Labute approximate surface area is 162 Å². The van der Waals surface area contributed by atoms with Crippen molar-refractivity contribution in [1.82, 2.24) is 20.1 Å². The minimum absolute atomic E-state index is 0.0845. The number of likely N-dealkylation sites (N-methyl/N-ethyl adjacent to an activating group) is 1. The molecule has 0 bridgehead atoms. The second-order valence-corrected chi connectivity index (χ2v) is 7.31. The van der Waals surface area contributed by atoms with Gasteiger partial charge in [-0.2, -0.15) is 5.10 Å². The van der Waals surface area contributed by atoms with Gasteiger partial charge < -0.3 is 14.7 Å². The third-order valence-corrected chi connectivity index (χ3v) is 5.15. The molecule has 1 aliphatic rings. The van der Waals surface area contributed by atoms with Gasteiger partial charge in [-0.3, -0.25) is 4.98 Å². The Kier molecular flexibility index (Phi) is 5.20. The summed E-state index contributed by atoms with van der Waals surface area (Å²) >= 11 is 5.95. The minimum Gasteiger partial charge on any atom is -0.507 e.